The molecule has 4 N–H and O–H groups in total. The normalized spacial score (nSPS) is 19.2. The van der Waals surface area contributed by atoms with Gasteiger partial charge in [-0.3, -0.25) is 4.79 Å². The number of nitrogens with zero attached hydrogens (tertiary/aromatic N) is 1. The minimum Gasteiger partial charge on any atom is -0.480 e. The third-order valence-electron chi connectivity index (χ3n) is 3.27. The van der Waals surface area contributed by atoms with Gasteiger partial charge >= 0.3 is 5.97 Å². The standard InChI is InChI=1S/C11H23N3O2/c1-14(9-4-2-3-5-9)7-6-13-8-10(12)11(15)16/h9-10,13H,2-8,12H2,1H3,(H,15,16). The summed E-state index contributed by atoms with van der Waals surface area (Å²) in [5, 5.41) is 11.7. The SMILES string of the molecule is CN(CCNCC(N)C(=O)O)C1CCCC1. The number of carboxylic acids is 1. The van der Waals surface area contributed by atoms with Gasteiger partial charge in [-0.2, -0.15) is 0 Å². The summed E-state index contributed by atoms with van der Waals surface area (Å²) in [4.78, 5) is 12.8. The summed E-state index contributed by atoms with van der Waals surface area (Å²) in [6.07, 6.45) is 5.27. The predicted octanol–water partition coefficient (Wildman–Crippen LogP) is -0.138. The average molecular weight is 229 g/mol. The Labute approximate surface area is 97.0 Å². The summed E-state index contributed by atoms with van der Waals surface area (Å²) >= 11 is 0. The van der Waals surface area contributed by atoms with Crippen LogP contribution in [0.2, 0.25) is 0 Å². The van der Waals surface area contributed by atoms with Gasteiger partial charge in [-0.25, -0.2) is 0 Å². The van der Waals surface area contributed by atoms with E-state index in [1.807, 2.05) is 0 Å². The number of likely N-dealkylation sites (N-methyl/N-ethyl adjacent to an activating group) is 1. The van der Waals surface area contributed by atoms with Gasteiger partial charge in [0.1, 0.15) is 6.04 Å². The van der Waals surface area contributed by atoms with Crippen LogP contribution in [0, 0.1) is 0 Å². The predicted molar refractivity (Wildman–Crippen MR) is 63.4 cm³/mol. The highest BCUT2D eigenvalue weighted by molar-refractivity contribution is 5.73. The molecule has 0 bridgehead atoms. The molecule has 1 saturated carbocycles. The molecule has 1 atom stereocenters. The molecule has 0 amide bonds. The Kier molecular flexibility index (Phi) is 5.73. The molecule has 0 heterocycles. The smallest absolute Gasteiger partial charge is 0.321 e. The number of carboxylic acid groups (broad SMARTS) is 1. The first kappa shape index (κ1) is 13.4. The van der Waals surface area contributed by atoms with Crippen LogP contribution in [-0.4, -0.2) is 54.7 Å². The van der Waals surface area contributed by atoms with E-state index in [4.69, 9.17) is 10.8 Å². The molecule has 1 fully saturated rings. The average Bonchev–Trinajstić information content (AvgIpc) is 2.76. The van der Waals surface area contributed by atoms with E-state index in [-0.39, 0.29) is 0 Å². The molecular weight excluding hydrogens is 206 g/mol. The molecule has 5 heteroatoms. The number of carbonyl (C=O) groups is 1. The van der Waals surface area contributed by atoms with Crippen molar-refractivity contribution in [2.45, 2.75) is 37.8 Å². The van der Waals surface area contributed by atoms with Gasteiger partial charge < -0.3 is 21.1 Å². The molecule has 0 aromatic heterocycles. The Bertz CT molecular complexity index is 217. The summed E-state index contributed by atoms with van der Waals surface area (Å²) in [5.41, 5.74) is 5.38. The molecule has 1 aliphatic carbocycles. The molecule has 16 heavy (non-hydrogen) atoms. The Hall–Kier alpha value is -0.650. The Morgan fingerprint density at radius 2 is 2.19 bits per heavy atom. The number of aliphatic carboxylic acids is 1. The van der Waals surface area contributed by atoms with Crippen LogP contribution in [0.3, 0.4) is 0 Å². The van der Waals surface area contributed by atoms with Gasteiger partial charge in [-0.05, 0) is 19.9 Å². The van der Waals surface area contributed by atoms with Crippen molar-refractivity contribution in [3.63, 3.8) is 0 Å². The molecule has 0 aromatic rings. The Balaban J connectivity index is 2.04. The fraction of sp³-hybridized carbons (Fsp3) is 0.909. The molecule has 0 radical (unpaired) electrons. The molecule has 0 saturated heterocycles. The molecule has 94 valence electrons. The highest BCUT2D eigenvalue weighted by Crippen LogP contribution is 2.21. The van der Waals surface area contributed by atoms with Gasteiger partial charge in [0.05, 0.1) is 0 Å². The highest BCUT2D eigenvalue weighted by Gasteiger charge is 2.18. The van der Waals surface area contributed by atoms with Crippen LogP contribution in [0.1, 0.15) is 25.7 Å². The van der Waals surface area contributed by atoms with Crippen LogP contribution in [0.5, 0.6) is 0 Å². The lowest BCUT2D eigenvalue weighted by Crippen LogP contribution is -2.43. The molecule has 1 aliphatic rings. The number of rotatable bonds is 7. The first-order valence-electron chi connectivity index (χ1n) is 6.00. The minimum atomic E-state index is -0.948. The quantitative estimate of drug-likeness (QED) is 0.530. The first-order valence-corrected chi connectivity index (χ1v) is 6.00. The number of hydrogen-bond acceptors (Lipinski definition) is 4. The van der Waals surface area contributed by atoms with E-state index in [9.17, 15) is 4.79 Å². The maximum absolute atomic E-state index is 10.5. The summed E-state index contributed by atoms with van der Waals surface area (Å²) in [6, 6.07) is -0.0771. The van der Waals surface area contributed by atoms with Gasteiger partial charge in [0.2, 0.25) is 0 Å². The van der Waals surface area contributed by atoms with Crippen molar-refractivity contribution in [1.82, 2.24) is 10.2 Å². The van der Waals surface area contributed by atoms with Crippen LogP contribution >= 0.6 is 0 Å². The van der Waals surface area contributed by atoms with E-state index in [0.717, 1.165) is 19.1 Å². The van der Waals surface area contributed by atoms with Crippen molar-refractivity contribution in [3.8, 4) is 0 Å². The summed E-state index contributed by atoms with van der Waals surface area (Å²) in [7, 11) is 2.13. The zero-order valence-electron chi connectivity index (χ0n) is 9.98. The van der Waals surface area contributed by atoms with Crippen LogP contribution in [-0.2, 0) is 4.79 Å². The molecule has 5 nitrogen and oxygen atoms in total. The summed E-state index contributed by atoms with van der Waals surface area (Å²) in [6.45, 7) is 2.10. The molecule has 0 spiro atoms. The van der Waals surface area contributed by atoms with Crippen LogP contribution < -0.4 is 11.1 Å². The maximum atomic E-state index is 10.5. The van der Waals surface area contributed by atoms with E-state index in [0.29, 0.717) is 6.54 Å². The van der Waals surface area contributed by atoms with Crippen molar-refractivity contribution >= 4 is 5.97 Å². The Morgan fingerprint density at radius 3 is 2.75 bits per heavy atom. The highest BCUT2D eigenvalue weighted by atomic mass is 16.4. The number of nitrogens with two attached hydrogens (primary N) is 1. The van der Waals surface area contributed by atoms with Crippen molar-refractivity contribution in [2.75, 3.05) is 26.7 Å². The van der Waals surface area contributed by atoms with Crippen molar-refractivity contribution in [1.29, 1.82) is 0 Å². The lowest BCUT2D eigenvalue weighted by Gasteiger charge is -2.24. The van der Waals surface area contributed by atoms with Gasteiger partial charge in [0.15, 0.2) is 0 Å². The zero-order chi connectivity index (χ0) is 12.0. The first-order chi connectivity index (χ1) is 7.61. The second kappa shape index (κ2) is 6.83. The van der Waals surface area contributed by atoms with Gasteiger partial charge in [0, 0.05) is 25.7 Å². The van der Waals surface area contributed by atoms with E-state index < -0.39 is 12.0 Å². The second-order valence-corrected chi connectivity index (χ2v) is 4.57. The van der Waals surface area contributed by atoms with E-state index in [2.05, 4.69) is 17.3 Å². The molecule has 0 aliphatic heterocycles. The van der Waals surface area contributed by atoms with Gasteiger partial charge in [-0.15, -0.1) is 0 Å². The summed E-state index contributed by atoms with van der Waals surface area (Å²) < 4.78 is 0. The van der Waals surface area contributed by atoms with E-state index in [1.54, 1.807) is 0 Å². The van der Waals surface area contributed by atoms with Crippen molar-refractivity contribution < 1.29 is 9.90 Å². The monoisotopic (exact) mass is 229 g/mol. The zero-order valence-corrected chi connectivity index (χ0v) is 9.98. The molecule has 1 unspecified atom stereocenters. The van der Waals surface area contributed by atoms with E-state index in [1.165, 1.54) is 25.7 Å². The number of nitrogens with one attached hydrogen (secondary N) is 1. The summed E-state index contributed by atoms with van der Waals surface area (Å²) in [5.74, 6) is -0.948. The van der Waals surface area contributed by atoms with Crippen molar-refractivity contribution in [3.05, 3.63) is 0 Å². The topological polar surface area (TPSA) is 78.6 Å². The van der Waals surface area contributed by atoms with Crippen LogP contribution in [0.4, 0.5) is 0 Å². The van der Waals surface area contributed by atoms with Crippen LogP contribution in [0.25, 0.3) is 0 Å². The third-order valence-corrected chi connectivity index (χ3v) is 3.27. The van der Waals surface area contributed by atoms with Crippen LogP contribution in [0.15, 0.2) is 0 Å². The maximum Gasteiger partial charge on any atom is 0.321 e. The molecular formula is C11H23N3O2. The fourth-order valence-electron chi connectivity index (χ4n) is 2.13. The number of hydrogen-bond donors (Lipinski definition) is 3. The Morgan fingerprint density at radius 1 is 1.56 bits per heavy atom. The van der Waals surface area contributed by atoms with E-state index >= 15 is 0 Å². The van der Waals surface area contributed by atoms with Gasteiger partial charge in [-0.1, -0.05) is 12.8 Å². The minimum absolute atomic E-state index is 0.341. The lowest BCUT2D eigenvalue weighted by molar-refractivity contribution is -0.138. The molecule has 1 rings (SSSR count). The fourth-order valence-corrected chi connectivity index (χ4v) is 2.13. The largest absolute Gasteiger partial charge is 0.480 e. The lowest BCUT2D eigenvalue weighted by atomic mass is 10.2. The third kappa shape index (κ3) is 4.47. The second-order valence-electron chi connectivity index (χ2n) is 4.57. The van der Waals surface area contributed by atoms with Gasteiger partial charge in [0.25, 0.3) is 0 Å². The molecule has 0 aromatic carbocycles. The van der Waals surface area contributed by atoms with Crippen molar-refractivity contribution in [2.24, 2.45) is 5.73 Å².